The molecule has 1 aliphatic carbocycles. The fourth-order valence-corrected chi connectivity index (χ4v) is 4.82. The summed E-state index contributed by atoms with van der Waals surface area (Å²) in [5.41, 5.74) is 2.49. The second-order valence-corrected chi connectivity index (χ2v) is 7.89. The number of para-hydroxylation sites is 1. The average molecular weight is 375 g/mol. The van der Waals surface area contributed by atoms with Crippen molar-refractivity contribution < 1.29 is 9.53 Å². The molecular formula is C22H26BN3O2. The molecule has 0 radical (unpaired) electrons. The Balaban J connectivity index is 1.67. The van der Waals surface area contributed by atoms with Crippen molar-refractivity contribution in [2.45, 2.75) is 25.5 Å². The van der Waals surface area contributed by atoms with Crippen LogP contribution < -0.4 is 10.3 Å². The number of aromatic nitrogens is 1. The van der Waals surface area contributed by atoms with Crippen molar-refractivity contribution in [3.05, 3.63) is 71.9 Å². The molecule has 1 saturated heterocycles. The van der Waals surface area contributed by atoms with Gasteiger partial charge in [0.25, 0.3) is 6.85 Å². The van der Waals surface area contributed by atoms with Gasteiger partial charge in [0.15, 0.2) is 0 Å². The van der Waals surface area contributed by atoms with E-state index in [0.29, 0.717) is 18.4 Å². The summed E-state index contributed by atoms with van der Waals surface area (Å²) in [5, 5.41) is 8.16. The van der Waals surface area contributed by atoms with E-state index in [2.05, 4.69) is 6.08 Å². The first-order valence-electron chi connectivity index (χ1n) is 9.95. The number of amides is 1. The van der Waals surface area contributed by atoms with E-state index in [1.165, 1.54) is 16.6 Å². The average Bonchev–Trinajstić information content (AvgIpc) is 2.69. The normalized spacial score (nSPS) is 21.2. The molecule has 5 nitrogen and oxygen atoms in total. The summed E-state index contributed by atoms with van der Waals surface area (Å²) in [7, 11) is 1.75. The highest BCUT2D eigenvalue weighted by Gasteiger charge is 2.40. The van der Waals surface area contributed by atoms with E-state index in [4.69, 9.17) is 10.1 Å². The van der Waals surface area contributed by atoms with Crippen LogP contribution in [0.3, 0.4) is 0 Å². The molecule has 6 heteroatoms. The molecule has 28 heavy (non-hydrogen) atoms. The minimum absolute atomic E-state index is 0.131. The van der Waals surface area contributed by atoms with Gasteiger partial charge in [0, 0.05) is 19.0 Å². The molecule has 0 saturated carbocycles. The monoisotopic (exact) mass is 375 g/mol. The quantitative estimate of drug-likeness (QED) is 0.648. The van der Waals surface area contributed by atoms with Crippen LogP contribution in [-0.4, -0.2) is 31.2 Å². The van der Waals surface area contributed by atoms with E-state index in [9.17, 15) is 4.79 Å². The second-order valence-electron chi connectivity index (χ2n) is 7.89. The summed E-state index contributed by atoms with van der Waals surface area (Å²) in [4.78, 5) is 15.4. The number of hydrogen-bond donors (Lipinski definition) is 1. The van der Waals surface area contributed by atoms with E-state index in [1.807, 2.05) is 35.1 Å². The number of ether oxygens (including phenoxy) is 1. The third kappa shape index (κ3) is 3.83. The van der Waals surface area contributed by atoms with Crippen LogP contribution in [0.5, 0.6) is 0 Å². The molecule has 1 amide bonds. The Labute approximate surface area is 166 Å². The third-order valence-electron chi connectivity index (χ3n) is 5.84. The number of carbonyl (C=O) groups excluding carboxylic acids is 1. The smallest absolute Gasteiger partial charge is 0.321 e. The zero-order valence-corrected chi connectivity index (χ0v) is 16.3. The van der Waals surface area contributed by atoms with Crippen molar-refractivity contribution in [2.75, 3.05) is 18.5 Å². The predicted molar refractivity (Wildman–Crippen MR) is 112 cm³/mol. The molecule has 2 aliphatic rings. The van der Waals surface area contributed by atoms with Gasteiger partial charge in [-0.3, -0.25) is 9.98 Å². The van der Waals surface area contributed by atoms with E-state index in [-0.39, 0.29) is 18.4 Å². The Hall–Kier alpha value is -2.60. The Morgan fingerprint density at radius 1 is 1.21 bits per heavy atom. The van der Waals surface area contributed by atoms with E-state index in [0.717, 1.165) is 24.7 Å². The molecule has 2 unspecified atom stereocenters. The van der Waals surface area contributed by atoms with Crippen LogP contribution in [0.4, 0.5) is 10.5 Å². The van der Waals surface area contributed by atoms with Gasteiger partial charge in [-0.2, -0.15) is 0 Å². The van der Waals surface area contributed by atoms with Crippen LogP contribution in [-0.2, 0) is 4.74 Å². The largest absolute Gasteiger partial charge is 0.380 e. The van der Waals surface area contributed by atoms with Gasteiger partial charge in [0.05, 0.1) is 6.61 Å². The number of rotatable bonds is 4. The molecule has 1 N–H and O–H groups in total. The standard InChI is InChI=1S/C22H26BN3O2/c1-28-16-19-12-17-11-18(13-19)15-23(14-17)26(20-7-3-2-4-8-20)22(27)25-10-6-5-9-21(25)24/h2-10,12,17-18,24H,11,13-16H2,1H3. The highest BCUT2D eigenvalue weighted by molar-refractivity contribution is 6.68. The summed E-state index contributed by atoms with van der Waals surface area (Å²) in [6, 6.07) is 15.0. The first-order valence-corrected chi connectivity index (χ1v) is 9.95. The molecule has 2 bridgehead atoms. The number of nitrogens with zero attached hydrogens (tertiary/aromatic N) is 2. The molecule has 144 valence electrons. The van der Waals surface area contributed by atoms with Crippen LogP contribution in [0.15, 0.2) is 66.4 Å². The Bertz CT molecular complexity index is 925. The number of fused-ring (bicyclic) bond motifs is 2. The molecule has 1 aliphatic heterocycles. The molecule has 2 atom stereocenters. The highest BCUT2D eigenvalue weighted by atomic mass is 16.5. The van der Waals surface area contributed by atoms with Gasteiger partial charge in [0.1, 0.15) is 5.49 Å². The lowest BCUT2D eigenvalue weighted by Gasteiger charge is -2.41. The lowest BCUT2D eigenvalue weighted by Crippen LogP contribution is -2.51. The van der Waals surface area contributed by atoms with Gasteiger partial charge in [-0.25, -0.2) is 4.79 Å². The number of pyridine rings is 1. The number of allylic oxidation sites excluding steroid dienone is 1. The zero-order chi connectivity index (χ0) is 19.5. The molecule has 1 aromatic carbocycles. The van der Waals surface area contributed by atoms with Crippen LogP contribution in [0.2, 0.25) is 12.6 Å². The zero-order valence-electron chi connectivity index (χ0n) is 16.3. The second kappa shape index (κ2) is 8.19. The number of anilines is 1. The van der Waals surface area contributed by atoms with Crippen molar-refractivity contribution in [2.24, 2.45) is 11.8 Å². The van der Waals surface area contributed by atoms with Crippen molar-refractivity contribution >= 4 is 18.6 Å². The fourth-order valence-electron chi connectivity index (χ4n) is 4.82. The number of benzene rings is 1. The first kappa shape index (κ1) is 18.8. The summed E-state index contributed by atoms with van der Waals surface area (Å²) in [6.45, 7) is 0.840. The van der Waals surface area contributed by atoms with Crippen molar-refractivity contribution in [3.63, 3.8) is 0 Å². The lowest BCUT2D eigenvalue weighted by molar-refractivity contribution is 0.214. The SMILES string of the molecule is COCC1=CC2CB(N(C(=O)n3ccccc3=N)c3ccccc3)CC(C1)C2. The predicted octanol–water partition coefficient (Wildman–Crippen LogP) is 4.05. The third-order valence-corrected chi connectivity index (χ3v) is 5.84. The lowest BCUT2D eigenvalue weighted by atomic mass is 9.43. The summed E-state index contributed by atoms with van der Waals surface area (Å²) < 4.78 is 6.78. The fraction of sp³-hybridized carbons (Fsp3) is 0.364. The van der Waals surface area contributed by atoms with Crippen LogP contribution in [0.25, 0.3) is 0 Å². The maximum atomic E-state index is 13.5. The van der Waals surface area contributed by atoms with Crippen LogP contribution >= 0.6 is 0 Å². The number of methoxy groups -OCH3 is 1. The highest BCUT2D eigenvalue weighted by Crippen LogP contribution is 2.41. The van der Waals surface area contributed by atoms with E-state index < -0.39 is 0 Å². The maximum absolute atomic E-state index is 13.5. The van der Waals surface area contributed by atoms with Crippen LogP contribution in [0, 0.1) is 17.2 Å². The van der Waals surface area contributed by atoms with Crippen molar-refractivity contribution in [3.8, 4) is 0 Å². The number of nitrogens with one attached hydrogen (secondary N) is 1. The van der Waals surface area contributed by atoms with Gasteiger partial charge >= 0.3 is 6.03 Å². The summed E-state index contributed by atoms with van der Waals surface area (Å²) >= 11 is 0. The van der Waals surface area contributed by atoms with Gasteiger partial charge in [0.2, 0.25) is 0 Å². The van der Waals surface area contributed by atoms with E-state index in [1.54, 1.807) is 31.5 Å². The Morgan fingerprint density at radius 2 is 2.00 bits per heavy atom. The van der Waals surface area contributed by atoms with Gasteiger partial charge < -0.3 is 9.55 Å². The van der Waals surface area contributed by atoms with Gasteiger partial charge in [-0.1, -0.05) is 30.3 Å². The number of hydrogen-bond acceptors (Lipinski definition) is 3. The summed E-state index contributed by atoms with van der Waals surface area (Å²) in [5.74, 6) is 1.06. The molecule has 0 spiro atoms. The van der Waals surface area contributed by atoms with Crippen molar-refractivity contribution in [1.29, 1.82) is 5.41 Å². The van der Waals surface area contributed by atoms with Gasteiger partial charge in [-0.15, -0.1) is 0 Å². The Kier molecular flexibility index (Phi) is 5.48. The molecular weight excluding hydrogens is 349 g/mol. The number of carbonyl (C=O) groups is 1. The molecule has 2 heterocycles. The summed E-state index contributed by atoms with van der Waals surface area (Å²) in [6.07, 6.45) is 8.23. The molecule has 1 fully saturated rings. The van der Waals surface area contributed by atoms with Crippen LogP contribution in [0.1, 0.15) is 12.8 Å². The minimum atomic E-state index is -0.150. The van der Waals surface area contributed by atoms with Gasteiger partial charge in [-0.05, 0) is 67.2 Å². The maximum Gasteiger partial charge on any atom is 0.321 e. The molecule has 2 aromatic rings. The molecule has 1 aromatic heterocycles. The first-order chi connectivity index (χ1) is 13.7. The van der Waals surface area contributed by atoms with Crippen molar-refractivity contribution in [1.82, 2.24) is 4.57 Å². The topological polar surface area (TPSA) is 58.3 Å². The molecule has 4 rings (SSSR count). The minimum Gasteiger partial charge on any atom is -0.380 e. The Morgan fingerprint density at radius 3 is 2.71 bits per heavy atom. The van der Waals surface area contributed by atoms with E-state index >= 15 is 0 Å².